The molecule has 116 valence electrons. The molecular weight excluding hydrogens is 353 g/mol. The second kappa shape index (κ2) is 6.12. The Labute approximate surface area is 136 Å². The molecular formula is C13H9Cl2NO5S. The molecule has 0 aliphatic rings. The highest BCUT2D eigenvalue weighted by Crippen LogP contribution is 2.38. The normalized spacial score (nSPS) is 11.2. The van der Waals surface area contributed by atoms with Gasteiger partial charge in [-0.25, -0.2) is 8.42 Å². The lowest BCUT2D eigenvalue weighted by molar-refractivity contribution is -0.385. The standard InChI is InChI=1S/C13H9Cl2NO5S/c1-22(19,20)8-5-6-11(10(7-8)16(17)18)21-12-4-2-3-9(14)13(12)15/h2-7H,1H3. The van der Waals surface area contributed by atoms with Crippen LogP contribution in [0.25, 0.3) is 0 Å². The van der Waals surface area contributed by atoms with Crippen LogP contribution in [0.2, 0.25) is 10.0 Å². The summed E-state index contributed by atoms with van der Waals surface area (Å²) in [6.07, 6.45) is 0.959. The van der Waals surface area contributed by atoms with Crippen LogP contribution < -0.4 is 4.74 Å². The van der Waals surface area contributed by atoms with E-state index in [0.29, 0.717) is 0 Å². The third kappa shape index (κ3) is 3.49. The molecule has 0 aliphatic heterocycles. The number of hydrogen-bond donors (Lipinski definition) is 0. The topological polar surface area (TPSA) is 86.5 Å². The molecule has 0 bridgehead atoms. The summed E-state index contributed by atoms with van der Waals surface area (Å²) in [6.45, 7) is 0. The molecule has 0 unspecified atom stereocenters. The summed E-state index contributed by atoms with van der Waals surface area (Å²) in [5.41, 5.74) is -0.487. The van der Waals surface area contributed by atoms with E-state index in [1.807, 2.05) is 0 Å². The van der Waals surface area contributed by atoms with Crippen molar-refractivity contribution in [3.05, 3.63) is 56.6 Å². The number of ether oxygens (including phenoxy) is 1. The number of halogens is 2. The van der Waals surface area contributed by atoms with Gasteiger partial charge in [0.15, 0.2) is 9.84 Å². The van der Waals surface area contributed by atoms with Crippen LogP contribution in [-0.2, 0) is 9.84 Å². The first-order valence-corrected chi connectivity index (χ1v) is 8.45. The van der Waals surface area contributed by atoms with Crippen molar-refractivity contribution < 1.29 is 18.1 Å². The van der Waals surface area contributed by atoms with E-state index in [2.05, 4.69) is 0 Å². The fraction of sp³-hybridized carbons (Fsp3) is 0.0769. The van der Waals surface area contributed by atoms with Gasteiger partial charge in [-0.3, -0.25) is 10.1 Å². The van der Waals surface area contributed by atoms with Gasteiger partial charge in [-0.2, -0.15) is 0 Å². The van der Waals surface area contributed by atoms with Crippen LogP contribution in [0.15, 0.2) is 41.3 Å². The van der Waals surface area contributed by atoms with Crippen molar-refractivity contribution in [2.45, 2.75) is 4.90 Å². The number of benzene rings is 2. The average Bonchev–Trinajstić information content (AvgIpc) is 2.43. The van der Waals surface area contributed by atoms with Crippen molar-refractivity contribution in [2.24, 2.45) is 0 Å². The van der Waals surface area contributed by atoms with E-state index in [1.165, 1.54) is 24.3 Å². The maximum Gasteiger partial charge on any atom is 0.312 e. The van der Waals surface area contributed by atoms with E-state index in [-0.39, 0.29) is 26.4 Å². The van der Waals surface area contributed by atoms with Crippen LogP contribution in [-0.4, -0.2) is 19.6 Å². The molecule has 0 amide bonds. The van der Waals surface area contributed by atoms with Crippen LogP contribution in [0.3, 0.4) is 0 Å². The molecule has 0 heterocycles. The summed E-state index contributed by atoms with van der Waals surface area (Å²) in [4.78, 5) is 10.2. The summed E-state index contributed by atoms with van der Waals surface area (Å²) in [5.74, 6) is -0.00839. The monoisotopic (exact) mass is 361 g/mol. The van der Waals surface area contributed by atoms with E-state index in [9.17, 15) is 18.5 Å². The molecule has 0 saturated carbocycles. The van der Waals surface area contributed by atoms with Gasteiger partial charge in [0.2, 0.25) is 5.75 Å². The average molecular weight is 362 g/mol. The molecule has 0 N–H and O–H groups in total. The van der Waals surface area contributed by atoms with Crippen LogP contribution in [0.1, 0.15) is 0 Å². The molecule has 2 aromatic carbocycles. The Bertz CT molecular complexity index is 852. The number of nitrogens with zero attached hydrogens (tertiary/aromatic N) is 1. The minimum atomic E-state index is -3.57. The SMILES string of the molecule is CS(=O)(=O)c1ccc(Oc2cccc(Cl)c2Cl)c([N+](=O)[O-])c1. The van der Waals surface area contributed by atoms with Crippen molar-refractivity contribution >= 4 is 38.7 Å². The maximum atomic E-state index is 11.5. The first-order valence-electron chi connectivity index (χ1n) is 5.80. The maximum absolute atomic E-state index is 11.5. The van der Waals surface area contributed by atoms with Gasteiger partial charge in [0.1, 0.15) is 10.8 Å². The van der Waals surface area contributed by atoms with E-state index in [0.717, 1.165) is 12.3 Å². The summed E-state index contributed by atoms with van der Waals surface area (Å²) in [7, 11) is -3.57. The van der Waals surface area contributed by atoms with Gasteiger partial charge >= 0.3 is 5.69 Å². The molecule has 0 radical (unpaired) electrons. The minimum absolute atomic E-state index is 0.102. The van der Waals surface area contributed by atoms with Crippen molar-refractivity contribution in [3.63, 3.8) is 0 Å². The third-order valence-corrected chi connectivity index (χ3v) is 4.60. The number of nitro groups is 1. The quantitative estimate of drug-likeness (QED) is 0.604. The van der Waals surface area contributed by atoms with Gasteiger partial charge in [0, 0.05) is 12.3 Å². The highest BCUT2D eigenvalue weighted by Gasteiger charge is 2.21. The van der Waals surface area contributed by atoms with Gasteiger partial charge < -0.3 is 4.74 Å². The summed E-state index contributed by atoms with van der Waals surface area (Å²) in [6, 6.07) is 7.95. The minimum Gasteiger partial charge on any atom is -0.448 e. The highest BCUT2D eigenvalue weighted by molar-refractivity contribution is 7.90. The molecule has 0 aliphatic carbocycles. The lowest BCUT2D eigenvalue weighted by atomic mass is 10.3. The first kappa shape index (κ1) is 16.5. The number of rotatable bonds is 4. The Hall–Kier alpha value is -1.83. The second-order valence-corrected chi connectivity index (χ2v) is 7.11. The van der Waals surface area contributed by atoms with Crippen molar-refractivity contribution in [1.82, 2.24) is 0 Å². The molecule has 22 heavy (non-hydrogen) atoms. The molecule has 6 nitrogen and oxygen atoms in total. The summed E-state index contributed by atoms with van der Waals surface area (Å²) < 4.78 is 28.3. The molecule has 2 aromatic rings. The van der Waals surface area contributed by atoms with E-state index in [4.69, 9.17) is 27.9 Å². The third-order valence-electron chi connectivity index (χ3n) is 2.69. The Balaban J connectivity index is 2.52. The number of hydrogen-bond acceptors (Lipinski definition) is 5. The van der Waals surface area contributed by atoms with Crippen molar-refractivity contribution in [1.29, 1.82) is 0 Å². The Morgan fingerprint density at radius 2 is 1.82 bits per heavy atom. The zero-order chi connectivity index (χ0) is 16.5. The first-order chi connectivity index (χ1) is 10.2. The Morgan fingerprint density at radius 3 is 2.41 bits per heavy atom. The van der Waals surface area contributed by atoms with Gasteiger partial charge in [0.25, 0.3) is 0 Å². The number of sulfone groups is 1. The Morgan fingerprint density at radius 1 is 1.14 bits per heavy atom. The largest absolute Gasteiger partial charge is 0.448 e. The second-order valence-electron chi connectivity index (χ2n) is 4.31. The predicted octanol–water partition coefficient (Wildman–Crippen LogP) is 4.10. The van der Waals surface area contributed by atoms with Gasteiger partial charge in [-0.1, -0.05) is 29.3 Å². The molecule has 0 spiro atoms. The van der Waals surface area contributed by atoms with E-state index < -0.39 is 20.4 Å². The van der Waals surface area contributed by atoms with Crippen LogP contribution in [0.5, 0.6) is 11.5 Å². The van der Waals surface area contributed by atoms with Crippen LogP contribution in [0.4, 0.5) is 5.69 Å². The summed E-state index contributed by atoms with van der Waals surface area (Å²) >= 11 is 11.8. The summed E-state index contributed by atoms with van der Waals surface area (Å²) in [5, 5.41) is 11.4. The van der Waals surface area contributed by atoms with E-state index >= 15 is 0 Å². The van der Waals surface area contributed by atoms with Gasteiger partial charge in [0.05, 0.1) is 14.8 Å². The lowest BCUT2D eigenvalue weighted by Gasteiger charge is -2.09. The highest BCUT2D eigenvalue weighted by atomic mass is 35.5. The van der Waals surface area contributed by atoms with Crippen molar-refractivity contribution in [3.8, 4) is 11.5 Å². The molecule has 0 saturated heterocycles. The smallest absolute Gasteiger partial charge is 0.312 e. The zero-order valence-corrected chi connectivity index (χ0v) is 13.4. The lowest BCUT2D eigenvalue weighted by Crippen LogP contribution is -2.00. The molecule has 0 aromatic heterocycles. The van der Waals surface area contributed by atoms with Crippen molar-refractivity contribution in [2.75, 3.05) is 6.26 Å². The predicted molar refractivity (Wildman–Crippen MR) is 82.7 cm³/mol. The van der Waals surface area contributed by atoms with E-state index in [1.54, 1.807) is 6.07 Å². The molecule has 0 atom stereocenters. The molecule has 9 heteroatoms. The Kier molecular flexibility index (Phi) is 4.60. The van der Waals surface area contributed by atoms with Crippen LogP contribution >= 0.6 is 23.2 Å². The molecule has 2 rings (SSSR count). The zero-order valence-electron chi connectivity index (χ0n) is 11.1. The van der Waals surface area contributed by atoms with Crippen LogP contribution in [0, 0.1) is 10.1 Å². The molecule has 0 fully saturated rings. The fourth-order valence-corrected chi connectivity index (χ4v) is 2.61. The fourth-order valence-electron chi connectivity index (χ4n) is 1.64. The van der Waals surface area contributed by atoms with Gasteiger partial charge in [-0.15, -0.1) is 0 Å². The number of nitro benzene ring substituents is 1. The van der Waals surface area contributed by atoms with Gasteiger partial charge in [-0.05, 0) is 24.3 Å².